The third kappa shape index (κ3) is 3.48. The fourth-order valence-corrected chi connectivity index (χ4v) is 3.54. The summed E-state index contributed by atoms with van der Waals surface area (Å²) in [6.07, 6.45) is 3.69. The van der Waals surface area contributed by atoms with Gasteiger partial charge in [0.15, 0.2) is 5.58 Å². The first-order chi connectivity index (χ1) is 13.2. The number of likely N-dealkylation sites (tertiary alicyclic amines) is 1. The van der Waals surface area contributed by atoms with E-state index in [-0.39, 0.29) is 16.9 Å². The second kappa shape index (κ2) is 7.32. The van der Waals surface area contributed by atoms with Crippen LogP contribution >= 0.6 is 0 Å². The van der Waals surface area contributed by atoms with E-state index in [0.29, 0.717) is 34.6 Å². The summed E-state index contributed by atoms with van der Waals surface area (Å²) in [6.45, 7) is 2.78. The number of benzene rings is 2. The number of methoxy groups -OCH3 is 1. The molecule has 27 heavy (non-hydrogen) atoms. The van der Waals surface area contributed by atoms with Gasteiger partial charge >= 0.3 is 0 Å². The number of phenolic OH excluding ortho intramolecular Hbond substituents is 1. The molecule has 0 saturated carbocycles. The van der Waals surface area contributed by atoms with Gasteiger partial charge < -0.3 is 23.9 Å². The summed E-state index contributed by atoms with van der Waals surface area (Å²) in [5, 5.41) is 10.7. The summed E-state index contributed by atoms with van der Waals surface area (Å²) in [4.78, 5) is 14.2. The van der Waals surface area contributed by atoms with Crippen LogP contribution in [0.3, 0.4) is 0 Å². The highest BCUT2D eigenvalue weighted by Gasteiger charge is 2.22. The van der Waals surface area contributed by atoms with Crippen LogP contribution in [0, 0.1) is 0 Å². The smallest absolute Gasteiger partial charge is 0.235 e. The Hall–Kier alpha value is -2.99. The molecule has 0 radical (unpaired) electrons. The first-order valence-electron chi connectivity index (χ1n) is 9.07. The van der Waals surface area contributed by atoms with Crippen molar-refractivity contribution >= 4 is 11.0 Å². The Morgan fingerprint density at radius 2 is 1.78 bits per heavy atom. The van der Waals surface area contributed by atoms with Gasteiger partial charge in [-0.05, 0) is 36.4 Å². The Kier molecular flexibility index (Phi) is 4.73. The Morgan fingerprint density at radius 1 is 1.07 bits per heavy atom. The normalized spacial score (nSPS) is 14.6. The van der Waals surface area contributed by atoms with Gasteiger partial charge in [0, 0.05) is 12.8 Å². The number of rotatable bonds is 5. The second-order valence-electron chi connectivity index (χ2n) is 6.78. The minimum absolute atomic E-state index is 0.109. The SMILES string of the molecule is COc1ccc(Oc2coc3c(C[NH+]4CCCC4)c(O)ccc3c2=O)cc1. The van der Waals surface area contributed by atoms with Crippen molar-refractivity contribution in [3.8, 4) is 23.0 Å². The van der Waals surface area contributed by atoms with Gasteiger partial charge in [0.05, 0.1) is 31.1 Å². The molecule has 0 amide bonds. The molecule has 4 rings (SSSR count). The molecule has 0 unspecified atom stereocenters. The van der Waals surface area contributed by atoms with E-state index in [1.54, 1.807) is 43.5 Å². The first-order valence-corrected chi connectivity index (χ1v) is 9.07. The fraction of sp³-hybridized carbons (Fsp3) is 0.286. The van der Waals surface area contributed by atoms with Gasteiger partial charge in [0.25, 0.3) is 0 Å². The zero-order chi connectivity index (χ0) is 18.8. The topological polar surface area (TPSA) is 73.3 Å². The molecule has 6 heteroatoms. The Labute approximate surface area is 156 Å². The van der Waals surface area contributed by atoms with Crippen LogP contribution in [-0.2, 0) is 6.54 Å². The maximum Gasteiger partial charge on any atom is 0.235 e. The van der Waals surface area contributed by atoms with Gasteiger partial charge in [-0.2, -0.15) is 0 Å². The Morgan fingerprint density at radius 3 is 2.48 bits per heavy atom. The van der Waals surface area contributed by atoms with Gasteiger partial charge in [0.1, 0.15) is 30.1 Å². The van der Waals surface area contributed by atoms with Crippen molar-refractivity contribution in [1.82, 2.24) is 0 Å². The molecule has 140 valence electrons. The van der Waals surface area contributed by atoms with Crippen LogP contribution in [0.1, 0.15) is 18.4 Å². The van der Waals surface area contributed by atoms with Crippen molar-refractivity contribution in [2.24, 2.45) is 0 Å². The molecule has 0 atom stereocenters. The minimum atomic E-state index is -0.260. The number of quaternary nitrogens is 1. The standard InChI is InChI=1S/C21H21NO5/c1-25-14-4-6-15(7-5-14)27-19-13-26-21-16(20(19)24)8-9-18(23)17(21)12-22-10-2-3-11-22/h4-9,13,23H,2-3,10-12H2,1H3/p+1. The van der Waals surface area contributed by atoms with Gasteiger partial charge in [-0.3, -0.25) is 4.79 Å². The molecule has 0 spiro atoms. The molecule has 1 aliphatic heterocycles. The van der Waals surface area contributed by atoms with E-state index < -0.39 is 0 Å². The van der Waals surface area contributed by atoms with E-state index in [9.17, 15) is 9.90 Å². The molecule has 3 aromatic rings. The Balaban J connectivity index is 1.68. The van der Waals surface area contributed by atoms with Crippen LogP contribution in [0.4, 0.5) is 0 Å². The van der Waals surface area contributed by atoms with Crippen molar-refractivity contribution in [2.45, 2.75) is 19.4 Å². The van der Waals surface area contributed by atoms with E-state index >= 15 is 0 Å². The molecule has 2 aromatic carbocycles. The van der Waals surface area contributed by atoms with Crippen LogP contribution in [-0.4, -0.2) is 25.3 Å². The molecular weight excluding hydrogens is 346 g/mol. The summed E-state index contributed by atoms with van der Waals surface area (Å²) in [5.74, 6) is 1.49. The van der Waals surface area contributed by atoms with Crippen LogP contribution in [0.5, 0.6) is 23.0 Å². The average Bonchev–Trinajstić information content (AvgIpc) is 3.20. The van der Waals surface area contributed by atoms with Crippen molar-refractivity contribution in [3.63, 3.8) is 0 Å². The van der Waals surface area contributed by atoms with Gasteiger partial charge in [0.2, 0.25) is 11.2 Å². The monoisotopic (exact) mass is 368 g/mol. The number of phenols is 1. The molecule has 6 nitrogen and oxygen atoms in total. The third-order valence-corrected chi connectivity index (χ3v) is 5.01. The highest BCUT2D eigenvalue weighted by Crippen LogP contribution is 2.28. The fourth-order valence-electron chi connectivity index (χ4n) is 3.54. The molecule has 2 N–H and O–H groups in total. The number of hydrogen-bond acceptors (Lipinski definition) is 5. The summed E-state index contributed by atoms with van der Waals surface area (Å²) in [7, 11) is 1.59. The number of aromatic hydroxyl groups is 1. The van der Waals surface area contributed by atoms with Crippen molar-refractivity contribution in [2.75, 3.05) is 20.2 Å². The molecule has 1 aromatic heterocycles. The highest BCUT2D eigenvalue weighted by molar-refractivity contribution is 5.82. The molecule has 1 saturated heterocycles. The lowest BCUT2D eigenvalue weighted by atomic mass is 10.1. The lowest BCUT2D eigenvalue weighted by molar-refractivity contribution is -0.901. The maximum absolute atomic E-state index is 12.9. The van der Waals surface area contributed by atoms with Gasteiger partial charge in [-0.1, -0.05) is 0 Å². The molecule has 1 aliphatic rings. The van der Waals surface area contributed by atoms with Gasteiger partial charge in [-0.25, -0.2) is 0 Å². The van der Waals surface area contributed by atoms with E-state index in [4.69, 9.17) is 13.9 Å². The number of fused-ring (bicyclic) bond motifs is 1. The summed E-state index contributed by atoms with van der Waals surface area (Å²) in [6, 6.07) is 10.1. The minimum Gasteiger partial charge on any atom is -0.507 e. The molecule has 0 bridgehead atoms. The van der Waals surface area contributed by atoms with Crippen molar-refractivity contribution in [3.05, 3.63) is 58.4 Å². The Bertz CT molecular complexity index is 1000. The zero-order valence-electron chi connectivity index (χ0n) is 15.2. The van der Waals surface area contributed by atoms with Crippen LogP contribution in [0.25, 0.3) is 11.0 Å². The highest BCUT2D eigenvalue weighted by atomic mass is 16.5. The summed E-state index contributed by atoms with van der Waals surface area (Å²) >= 11 is 0. The van der Waals surface area contributed by atoms with Crippen LogP contribution in [0.2, 0.25) is 0 Å². The lowest BCUT2D eigenvalue weighted by Gasteiger charge is -2.14. The van der Waals surface area contributed by atoms with E-state index in [2.05, 4.69) is 0 Å². The molecule has 2 heterocycles. The number of nitrogens with one attached hydrogen (secondary N) is 1. The predicted molar refractivity (Wildman–Crippen MR) is 101 cm³/mol. The first kappa shape index (κ1) is 17.4. The van der Waals surface area contributed by atoms with E-state index in [1.165, 1.54) is 24.0 Å². The maximum atomic E-state index is 12.9. The van der Waals surface area contributed by atoms with Crippen molar-refractivity contribution in [1.29, 1.82) is 0 Å². The van der Waals surface area contributed by atoms with Crippen LogP contribution < -0.4 is 19.8 Å². The molecule has 0 aliphatic carbocycles. The van der Waals surface area contributed by atoms with E-state index in [0.717, 1.165) is 13.1 Å². The zero-order valence-corrected chi connectivity index (χ0v) is 15.2. The number of ether oxygens (including phenoxy) is 2. The van der Waals surface area contributed by atoms with E-state index in [1.807, 2.05) is 0 Å². The van der Waals surface area contributed by atoms with Crippen LogP contribution in [0.15, 0.2) is 51.9 Å². The van der Waals surface area contributed by atoms with Gasteiger partial charge in [-0.15, -0.1) is 0 Å². The molecular formula is C21H22NO5+. The number of hydrogen-bond donors (Lipinski definition) is 2. The summed E-state index contributed by atoms with van der Waals surface area (Å²) < 4.78 is 16.5. The third-order valence-electron chi connectivity index (χ3n) is 5.01. The summed E-state index contributed by atoms with van der Waals surface area (Å²) in [5.41, 5.74) is 0.851. The lowest BCUT2D eigenvalue weighted by Crippen LogP contribution is -3.08. The molecule has 1 fully saturated rings. The average molecular weight is 368 g/mol. The quantitative estimate of drug-likeness (QED) is 0.724. The predicted octanol–water partition coefficient (Wildman–Crippen LogP) is 2.48. The second-order valence-corrected chi connectivity index (χ2v) is 6.78. The van der Waals surface area contributed by atoms with Crippen molar-refractivity contribution < 1.29 is 23.9 Å². The largest absolute Gasteiger partial charge is 0.507 e.